The highest BCUT2D eigenvalue weighted by molar-refractivity contribution is 5.36. The molecular weight excluding hydrogens is 261 g/mol. The third-order valence-electron chi connectivity index (χ3n) is 4.04. The first-order valence-corrected chi connectivity index (χ1v) is 7.15. The van der Waals surface area contributed by atoms with Gasteiger partial charge in [-0.25, -0.2) is 0 Å². The van der Waals surface area contributed by atoms with E-state index in [2.05, 4.69) is 6.92 Å². The fourth-order valence-corrected chi connectivity index (χ4v) is 2.79. The van der Waals surface area contributed by atoms with Crippen molar-refractivity contribution in [2.45, 2.75) is 51.7 Å². The second kappa shape index (κ2) is 6.79. The molecule has 1 fully saturated rings. The number of nitro groups is 1. The van der Waals surface area contributed by atoms with Crippen molar-refractivity contribution in [3.63, 3.8) is 0 Å². The number of nitro benzene ring substituents is 1. The van der Waals surface area contributed by atoms with Crippen LogP contribution in [0, 0.1) is 21.8 Å². The molecule has 0 aliphatic heterocycles. The van der Waals surface area contributed by atoms with Gasteiger partial charge in [0.2, 0.25) is 5.82 Å². The lowest BCUT2D eigenvalue weighted by Crippen LogP contribution is -2.22. The molecular formula is C15H20FNO3. The van der Waals surface area contributed by atoms with Crippen molar-refractivity contribution in [2.75, 3.05) is 0 Å². The molecule has 1 aromatic rings. The van der Waals surface area contributed by atoms with Crippen molar-refractivity contribution < 1.29 is 14.1 Å². The van der Waals surface area contributed by atoms with Gasteiger partial charge in [0.05, 0.1) is 17.6 Å². The van der Waals surface area contributed by atoms with Crippen molar-refractivity contribution in [1.82, 2.24) is 0 Å². The lowest BCUT2D eigenvalue weighted by molar-refractivity contribution is -0.387. The minimum atomic E-state index is -0.777. The van der Waals surface area contributed by atoms with Gasteiger partial charge >= 0.3 is 5.69 Å². The van der Waals surface area contributed by atoms with Gasteiger partial charge in [0.1, 0.15) is 0 Å². The molecule has 0 N–H and O–H groups in total. The quantitative estimate of drug-likeness (QED) is 0.599. The van der Waals surface area contributed by atoms with E-state index in [1.54, 1.807) is 6.07 Å². The van der Waals surface area contributed by atoms with E-state index >= 15 is 0 Å². The molecule has 0 amide bonds. The maximum absolute atomic E-state index is 13.9. The van der Waals surface area contributed by atoms with Gasteiger partial charge < -0.3 is 4.74 Å². The second-order valence-corrected chi connectivity index (χ2v) is 5.38. The average molecular weight is 281 g/mol. The maximum atomic E-state index is 13.9. The lowest BCUT2D eigenvalue weighted by Gasteiger charge is -2.28. The number of hydrogen-bond donors (Lipinski definition) is 0. The summed E-state index contributed by atoms with van der Waals surface area (Å²) in [5.74, 6) is -0.0935. The van der Waals surface area contributed by atoms with Gasteiger partial charge in [-0.2, -0.15) is 4.39 Å². The molecule has 20 heavy (non-hydrogen) atoms. The summed E-state index contributed by atoms with van der Waals surface area (Å²) in [6.45, 7) is 2.28. The molecule has 0 saturated heterocycles. The van der Waals surface area contributed by atoms with Gasteiger partial charge in [0, 0.05) is 11.6 Å². The topological polar surface area (TPSA) is 52.4 Å². The Bertz CT molecular complexity index is 478. The summed E-state index contributed by atoms with van der Waals surface area (Å²) >= 11 is 0. The average Bonchev–Trinajstić information content (AvgIpc) is 2.46. The summed E-state index contributed by atoms with van der Waals surface area (Å²) in [4.78, 5) is 9.98. The summed E-state index contributed by atoms with van der Waals surface area (Å²) in [6, 6.07) is 4.21. The van der Waals surface area contributed by atoms with Crippen LogP contribution < -0.4 is 0 Å². The molecule has 2 rings (SSSR count). The van der Waals surface area contributed by atoms with E-state index in [0.717, 1.165) is 25.7 Å². The highest BCUT2D eigenvalue weighted by Gasteiger charge is 2.23. The SMILES string of the molecule is CCC1CCCC(OCc2cccc([N+](=O)[O-])c2F)C1. The molecule has 2 atom stereocenters. The Hall–Kier alpha value is -1.49. The molecule has 0 heterocycles. The predicted molar refractivity (Wildman–Crippen MR) is 73.9 cm³/mol. The monoisotopic (exact) mass is 281 g/mol. The summed E-state index contributed by atoms with van der Waals surface area (Å²) < 4.78 is 19.7. The summed E-state index contributed by atoms with van der Waals surface area (Å²) in [5, 5.41) is 10.7. The van der Waals surface area contributed by atoms with E-state index in [9.17, 15) is 14.5 Å². The number of halogens is 1. The fraction of sp³-hybridized carbons (Fsp3) is 0.600. The Labute approximate surface area is 118 Å². The molecule has 5 heteroatoms. The zero-order valence-corrected chi connectivity index (χ0v) is 11.7. The molecule has 110 valence electrons. The van der Waals surface area contributed by atoms with Crippen molar-refractivity contribution in [2.24, 2.45) is 5.92 Å². The third kappa shape index (κ3) is 3.54. The molecule has 0 aromatic heterocycles. The first-order valence-electron chi connectivity index (χ1n) is 7.15. The molecule has 2 unspecified atom stereocenters. The number of rotatable bonds is 5. The van der Waals surface area contributed by atoms with E-state index in [4.69, 9.17) is 4.74 Å². The first-order chi connectivity index (χ1) is 9.61. The zero-order chi connectivity index (χ0) is 14.5. The Morgan fingerprint density at radius 3 is 2.95 bits per heavy atom. The Morgan fingerprint density at radius 1 is 1.45 bits per heavy atom. The Balaban J connectivity index is 1.97. The van der Waals surface area contributed by atoms with E-state index in [-0.39, 0.29) is 18.3 Å². The van der Waals surface area contributed by atoms with Crippen LogP contribution in [0.25, 0.3) is 0 Å². The normalized spacial score (nSPS) is 22.7. The maximum Gasteiger partial charge on any atom is 0.305 e. The van der Waals surface area contributed by atoms with Gasteiger partial charge in [-0.3, -0.25) is 10.1 Å². The fourth-order valence-electron chi connectivity index (χ4n) is 2.79. The standard InChI is InChI=1S/C15H20FNO3/c1-2-11-5-3-7-13(9-11)20-10-12-6-4-8-14(15(12)16)17(18)19/h4,6,8,11,13H,2-3,5,7,9-10H2,1H3. The van der Waals surface area contributed by atoms with Crippen LogP contribution in [-0.2, 0) is 11.3 Å². The van der Waals surface area contributed by atoms with Crippen LogP contribution in [0.2, 0.25) is 0 Å². The smallest absolute Gasteiger partial charge is 0.305 e. The largest absolute Gasteiger partial charge is 0.373 e. The third-order valence-corrected chi connectivity index (χ3v) is 4.04. The molecule has 1 aromatic carbocycles. The highest BCUT2D eigenvalue weighted by Crippen LogP contribution is 2.29. The number of ether oxygens (including phenoxy) is 1. The van der Waals surface area contributed by atoms with E-state index in [1.807, 2.05) is 0 Å². The van der Waals surface area contributed by atoms with Crippen molar-refractivity contribution in [3.8, 4) is 0 Å². The van der Waals surface area contributed by atoms with Crippen LogP contribution >= 0.6 is 0 Å². The number of hydrogen-bond acceptors (Lipinski definition) is 3. The Kier molecular flexibility index (Phi) is 5.06. The minimum Gasteiger partial charge on any atom is -0.373 e. The van der Waals surface area contributed by atoms with Crippen LogP contribution in [0.5, 0.6) is 0 Å². The van der Waals surface area contributed by atoms with Gasteiger partial charge in [0.15, 0.2) is 0 Å². The first kappa shape index (κ1) is 14.9. The molecule has 0 spiro atoms. The van der Waals surface area contributed by atoms with Gasteiger partial charge in [-0.15, -0.1) is 0 Å². The van der Waals surface area contributed by atoms with Gasteiger partial charge in [0.25, 0.3) is 0 Å². The van der Waals surface area contributed by atoms with Gasteiger partial charge in [-0.1, -0.05) is 38.3 Å². The van der Waals surface area contributed by atoms with E-state index in [1.165, 1.54) is 18.6 Å². The predicted octanol–water partition coefficient (Wildman–Crippen LogP) is 4.22. The summed E-state index contributed by atoms with van der Waals surface area (Å²) in [6.07, 6.45) is 5.67. The molecule has 0 radical (unpaired) electrons. The van der Waals surface area contributed by atoms with Crippen LogP contribution in [-0.4, -0.2) is 11.0 Å². The van der Waals surface area contributed by atoms with Crippen molar-refractivity contribution in [1.29, 1.82) is 0 Å². The van der Waals surface area contributed by atoms with E-state index < -0.39 is 16.4 Å². The molecule has 1 saturated carbocycles. The van der Waals surface area contributed by atoms with Crippen LogP contribution in [0.15, 0.2) is 18.2 Å². The van der Waals surface area contributed by atoms with Crippen molar-refractivity contribution in [3.05, 3.63) is 39.7 Å². The molecule has 1 aliphatic carbocycles. The lowest BCUT2D eigenvalue weighted by atomic mass is 9.85. The van der Waals surface area contributed by atoms with Gasteiger partial charge in [-0.05, 0) is 18.8 Å². The molecule has 1 aliphatic rings. The van der Waals surface area contributed by atoms with Crippen LogP contribution in [0.4, 0.5) is 10.1 Å². The number of benzene rings is 1. The van der Waals surface area contributed by atoms with Crippen LogP contribution in [0.1, 0.15) is 44.6 Å². The zero-order valence-electron chi connectivity index (χ0n) is 11.7. The second-order valence-electron chi connectivity index (χ2n) is 5.38. The molecule has 0 bridgehead atoms. The minimum absolute atomic E-state index is 0.106. The van der Waals surface area contributed by atoms with Crippen LogP contribution in [0.3, 0.4) is 0 Å². The molecule has 4 nitrogen and oxygen atoms in total. The van der Waals surface area contributed by atoms with Crippen molar-refractivity contribution >= 4 is 5.69 Å². The van der Waals surface area contributed by atoms with E-state index in [0.29, 0.717) is 5.92 Å². The Morgan fingerprint density at radius 2 is 2.25 bits per heavy atom. The number of nitrogens with zero attached hydrogens (tertiary/aromatic N) is 1. The summed E-state index contributed by atoms with van der Waals surface area (Å²) in [5.41, 5.74) is -0.223. The summed E-state index contributed by atoms with van der Waals surface area (Å²) in [7, 11) is 0. The highest BCUT2D eigenvalue weighted by atomic mass is 19.1.